The summed E-state index contributed by atoms with van der Waals surface area (Å²) in [5.74, 6) is 3.34. The van der Waals surface area contributed by atoms with E-state index in [-0.39, 0.29) is 11.3 Å². The molecule has 74 valence electrons. The van der Waals surface area contributed by atoms with Gasteiger partial charge in [0.1, 0.15) is 5.82 Å². The van der Waals surface area contributed by atoms with E-state index in [1.165, 1.54) is 0 Å². The molecule has 0 fully saturated rings. The normalized spacial score (nSPS) is 11.9. The van der Waals surface area contributed by atoms with Gasteiger partial charge < -0.3 is 5.32 Å². The van der Waals surface area contributed by atoms with Crippen LogP contribution in [0.15, 0.2) is 6.20 Å². The summed E-state index contributed by atoms with van der Waals surface area (Å²) in [4.78, 5) is 7.92. The Balaban J connectivity index is 2.86. The minimum absolute atomic E-state index is 0.0142. The summed E-state index contributed by atoms with van der Waals surface area (Å²) in [5.41, 5.74) is 0.933. The van der Waals surface area contributed by atoms with E-state index in [4.69, 9.17) is 18.0 Å². The average molecular weight is 210 g/mol. The van der Waals surface area contributed by atoms with E-state index in [1.54, 1.807) is 6.20 Å². The van der Waals surface area contributed by atoms with Crippen LogP contribution in [0.2, 0.25) is 5.28 Å². The van der Waals surface area contributed by atoms with Gasteiger partial charge in [-0.2, -0.15) is 0 Å². The maximum atomic E-state index is 5.67. The molecule has 0 aromatic carbocycles. The molecule has 0 aliphatic rings. The zero-order valence-corrected chi connectivity index (χ0v) is 8.97. The first-order valence-corrected chi connectivity index (χ1v) is 4.77. The zero-order valence-electron chi connectivity index (χ0n) is 8.21. The van der Waals surface area contributed by atoms with Crippen LogP contribution in [0.1, 0.15) is 18.9 Å². The number of hydrogen-bond donors (Lipinski definition) is 1. The molecule has 1 N–H and O–H groups in total. The Kier molecular flexibility index (Phi) is 3.73. The van der Waals surface area contributed by atoms with Crippen LogP contribution in [0.5, 0.6) is 0 Å². The fourth-order valence-corrected chi connectivity index (χ4v) is 1.13. The molecule has 1 rings (SSSR count). The molecular formula is C10H12ClN3. The second-order valence-corrected chi connectivity index (χ2v) is 3.28. The summed E-state index contributed by atoms with van der Waals surface area (Å²) >= 11 is 5.67. The molecule has 1 atom stereocenters. The number of hydrogen-bond acceptors (Lipinski definition) is 3. The molecule has 3 nitrogen and oxygen atoms in total. The molecule has 0 amide bonds. The summed E-state index contributed by atoms with van der Waals surface area (Å²) in [6.07, 6.45) is 7.84. The third-order valence-electron chi connectivity index (χ3n) is 1.86. The first kappa shape index (κ1) is 10.8. The van der Waals surface area contributed by atoms with Crippen LogP contribution < -0.4 is 5.32 Å². The molecule has 0 saturated heterocycles. The van der Waals surface area contributed by atoms with Gasteiger partial charge >= 0.3 is 0 Å². The first-order chi connectivity index (χ1) is 6.67. The molecule has 1 aromatic heterocycles. The number of aromatic nitrogens is 2. The van der Waals surface area contributed by atoms with Crippen LogP contribution in [-0.2, 0) is 0 Å². The van der Waals surface area contributed by atoms with Crippen molar-refractivity contribution < 1.29 is 0 Å². The molecule has 14 heavy (non-hydrogen) atoms. The van der Waals surface area contributed by atoms with Crippen LogP contribution in [0, 0.1) is 19.3 Å². The second-order valence-electron chi connectivity index (χ2n) is 2.94. The largest absolute Gasteiger partial charge is 0.356 e. The lowest BCUT2D eigenvalue weighted by Gasteiger charge is -2.12. The monoisotopic (exact) mass is 209 g/mol. The third kappa shape index (κ3) is 2.61. The number of anilines is 1. The highest BCUT2D eigenvalue weighted by Gasteiger charge is 2.06. The zero-order chi connectivity index (χ0) is 10.6. The van der Waals surface area contributed by atoms with Crippen molar-refractivity contribution in [2.75, 3.05) is 5.32 Å². The Morgan fingerprint density at radius 1 is 1.71 bits per heavy atom. The number of nitrogens with one attached hydrogen (secondary N) is 1. The standard InChI is InChI=1S/C10H12ClN3/c1-4-8(5-2)13-9-7(3)6-12-10(11)14-9/h1,6,8H,5H2,2-3H3,(H,12,13,14). The van der Waals surface area contributed by atoms with E-state index in [1.807, 2.05) is 13.8 Å². The van der Waals surface area contributed by atoms with Crippen molar-refractivity contribution in [2.24, 2.45) is 0 Å². The maximum absolute atomic E-state index is 5.67. The lowest BCUT2D eigenvalue weighted by atomic mass is 10.2. The Morgan fingerprint density at radius 2 is 2.43 bits per heavy atom. The predicted octanol–water partition coefficient (Wildman–Crippen LogP) is 2.26. The Labute approximate surface area is 88.9 Å². The van der Waals surface area contributed by atoms with E-state index in [0.29, 0.717) is 5.82 Å². The number of terminal acetylenes is 1. The molecule has 0 bridgehead atoms. The molecule has 0 saturated carbocycles. The summed E-state index contributed by atoms with van der Waals surface area (Å²) in [5, 5.41) is 3.34. The molecule has 4 heteroatoms. The van der Waals surface area contributed by atoms with Gasteiger partial charge in [0.2, 0.25) is 5.28 Å². The Morgan fingerprint density at radius 3 is 3.00 bits per heavy atom. The first-order valence-electron chi connectivity index (χ1n) is 4.39. The van der Waals surface area contributed by atoms with Crippen LogP contribution in [0.3, 0.4) is 0 Å². The molecule has 0 aliphatic heterocycles. The Hall–Kier alpha value is -1.27. The van der Waals surface area contributed by atoms with Crippen LogP contribution in [0.25, 0.3) is 0 Å². The molecular weight excluding hydrogens is 198 g/mol. The van der Waals surface area contributed by atoms with Gasteiger partial charge in [-0.3, -0.25) is 0 Å². The molecule has 0 spiro atoms. The van der Waals surface area contributed by atoms with E-state index >= 15 is 0 Å². The molecule has 0 radical (unpaired) electrons. The predicted molar refractivity (Wildman–Crippen MR) is 58.3 cm³/mol. The van der Waals surface area contributed by atoms with E-state index in [9.17, 15) is 0 Å². The highest BCUT2D eigenvalue weighted by atomic mass is 35.5. The number of aryl methyl sites for hydroxylation is 1. The van der Waals surface area contributed by atoms with Crippen molar-refractivity contribution in [2.45, 2.75) is 26.3 Å². The molecule has 1 aromatic rings. The van der Waals surface area contributed by atoms with Crippen molar-refractivity contribution in [3.8, 4) is 12.3 Å². The lowest BCUT2D eigenvalue weighted by molar-refractivity contribution is 0.846. The van der Waals surface area contributed by atoms with Crippen LogP contribution >= 0.6 is 11.6 Å². The van der Waals surface area contributed by atoms with E-state index in [0.717, 1.165) is 12.0 Å². The second kappa shape index (κ2) is 4.83. The van der Waals surface area contributed by atoms with Gasteiger partial charge in [0.05, 0.1) is 6.04 Å². The quantitative estimate of drug-likeness (QED) is 0.613. The molecule has 0 aliphatic carbocycles. The molecule has 1 unspecified atom stereocenters. The van der Waals surface area contributed by atoms with Crippen molar-refractivity contribution in [1.82, 2.24) is 9.97 Å². The van der Waals surface area contributed by atoms with Crippen molar-refractivity contribution >= 4 is 17.4 Å². The van der Waals surface area contributed by atoms with Gasteiger partial charge in [-0.1, -0.05) is 12.8 Å². The molecule has 1 heterocycles. The fraction of sp³-hybridized carbons (Fsp3) is 0.400. The minimum Gasteiger partial charge on any atom is -0.356 e. The lowest BCUT2D eigenvalue weighted by Crippen LogP contribution is -2.17. The third-order valence-corrected chi connectivity index (χ3v) is 2.04. The average Bonchev–Trinajstić information content (AvgIpc) is 2.19. The topological polar surface area (TPSA) is 37.8 Å². The number of nitrogens with zero attached hydrogens (tertiary/aromatic N) is 2. The van der Waals surface area contributed by atoms with Gasteiger partial charge in [0.25, 0.3) is 0 Å². The van der Waals surface area contributed by atoms with Gasteiger partial charge in [0, 0.05) is 11.8 Å². The van der Waals surface area contributed by atoms with Gasteiger partial charge in [-0.25, -0.2) is 9.97 Å². The number of rotatable bonds is 3. The van der Waals surface area contributed by atoms with E-state index in [2.05, 4.69) is 21.2 Å². The Bertz CT molecular complexity index is 357. The van der Waals surface area contributed by atoms with Gasteiger partial charge in [0.15, 0.2) is 0 Å². The van der Waals surface area contributed by atoms with Gasteiger partial charge in [-0.15, -0.1) is 6.42 Å². The smallest absolute Gasteiger partial charge is 0.224 e. The van der Waals surface area contributed by atoms with Crippen molar-refractivity contribution in [3.05, 3.63) is 17.0 Å². The van der Waals surface area contributed by atoms with E-state index < -0.39 is 0 Å². The minimum atomic E-state index is -0.0142. The fourth-order valence-electron chi connectivity index (χ4n) is 0.993. The van der Waals surface area contributed by atoms with Crippen molar-refractivity contribution in [1.29, 1.82) is 0 Å². The summed E-state index contributed by atoms with van der Waals surface area (Å²) in [7, 11) is 0. The van der Waals surface area contributed by atoms with Crippen LogP contribution in [0.4, 0.5) is 5.82 Å². The highest BCUT2D eigenvalue weighted by molar-refractivity contribution is 6.28. The van der Waals surface area contributed by atoms with Gasteiger partial charge in [-0.05, 0) is 24.9 Å². The summed E-state index contributed by atoms with van der Waals surface area (Å²) < 4.78 is 0. The van der Waals surface area contributed by atoms with Crippen LogP contribution in [-0.4, -0.2) is 16.0 Å². The number of halogens is 1. The van der Waals surface area contributed by atoms with Crippen molar-refractivity contribution in [3.63, 3.8) is 0 Å². The SMILES string of the molecule is C#CC(CC)Nc1nc(Cl)ncc1C. The maximum Gasteiger partial charge on any atom is 0.224 e. The summed E-state index contributed by atoms with van der Waals surface area (Å²) in [6.45, 7) is 3.91. The summed E-state index contributed by atoms with van der Waals surface area (Å²) in [6, 6.07) is -0.0142. The highest BCUT2D eigenvalue weighted by Crippen LogP contribution is 2.14.